The topological polar surface area (TPSA) is 127 Å². The van der Waals surface area contributed by atoms with E-state index in [2.05, 4.69) is 27.2 Å². The van der Waals surface area contributed by atoms with Crippen LogP contribution < -0.4 is 14.8 Å². The van der Waals surface area contributed by atoms with Crippen LogP contribution in [0.15, 0.2) is 67.0 Å². The number of hydrogen-bond acceptors (Lipinski definition) is 8. The number of nitrogens with zero attached hydrogens (tertiary/aromatic N) is 1. The third-order valence-electron chi connectivity index (χ3n) is 7.16. The van der Waals surface area contributed by atoms with Gasteiger partial charge in [-0.3, -0.25) is 9.78 Å². The number of benzene rings is 2. The van der Waals surface area contributed by atoms with Crippen molar-refractivity contribution in [1.29, 1.82) is 0 Å². The Morgan fingerprint density at radius 3 is 2.44 bits per heavy atom. The van der Waals surface area contributed by atoms with Gasteiger partial charge in [0.05, 0.1) is 30.1 Å². The summed E-state index contributed by atoms with van der Waals surface area (Å²) in [7, 11) is -2.43. The van der Waals surface area contributed by atoms with Gasteiger partial charge in [0.2, 0.25) is 10.0 Å². The van der Waals surface area contributed by atoms with Gasteiger partial charge < -0.3 is 19.9 Å². The maximum atomic E-state index is 13.0. The van der Waals surface area contributed by atoms with Gasteiger partial charge in [-0.2, -0.15) is 0 Å². The summed E-state index contributed by atoms with van der Waals surface area (Å²) >= 11 is 0. The van der Waals surface area contributed by atoms with E-state index in [-0.39, 0.29) is 48.8 Å². The SMILES string of the molecule is COCCS(=O)(=O)NC(=O)c1ccc(-c2ccc(CCNC[C@@H](O)c3cccnc3)cc2)cc1OC1CCCCC1.Cl.Cl. The maximum absolute atomic E-state index is 13.0. The molecule has 0 radical (unpaired) electrons. The minimum atomic E-state index is -3.84. The Morgan fingerprint density at radius 2 is 1.77 bits per heavy atom. The lowest BCUT2D eigenvalue weighted by molar-refractivity contribution is 0.0969. The molecular weight excluding hydrogens is 613 g/mol. The highest BCUT2D eigenvalue weighted by Crippen LogP contribution is 2.31. The summed E-state index contributed by atoms with van der Waals surface area (Å²) in [6, 6.07) is 17.1. The van der Waals surface area contributed by atoms with Gasteiger partial charge in [0.15, 0.2) is 0 Å². The number of pyridine rings is 1. The van der Waals surface area contributed by atoms with Crippen molar-refractivity contribution in [3.63, 3.8) is 0 Å². The van der Waals surface area contributed by atoms with E-state index in [1.165, 1.54) is 7.11 Å². The lowest BCUT2D eigenvalue weighted by Crippen LogP contribution is -2.34. The van der Waals surface area contributed by atoms with Crippen LogP contribution in [-0.4, -0.2) is 63.1 Å². The summed E-state index contributed by atoms with van der Waals surface area (Å²) in [6.07, 6.45) is 8.63. The second-order valence-electron chi connectivity index (χ2n) is 10.3. The first-order chi connectivity index (χ1) is 19.8. The van der Waals surface area contributed by atoms with Crippen LogP contribution in [0.2, 0.25) is 0 Å². The highest BCUT2D eigenvalue weighted by atomic mass is 35.5. The Labute approximate surface area is 266 Å². The van der Waals surface area contributed by atoms with Gasteiger partial charge in [-0.15, -0.1) is 24.8 Å². The maximum Gasteiger partial charge on any atom is 0.268 e. The van der Waals surface area contributed by atoms with Crippen molar-refractivity contribution in [2.75, 3.05) is 32.6 Å². The molecule has 1 heterocycles. The van der Waals surface area contributed by atoms with Crippen molar-refractivity contribution in [2.24, 2.45) is 0 Å². The van der Waals surface area contributed by atoms with Gasteiger partial charge in [-0.25, -0.2) is 13.1 Å². The molecule has 0 aliphatic heterocycles. The van der Waals surface area contributed by atoms with Crippen molar-refractivity contribution < 1.29 is 27.8 Å². The third kappa shape index (κ3) is 11.4. The Kier molecular flexibility index (Phi) is 15.4. The van der Waals surface area contributed by atoms with E-state index in [1.54, 1.807) is 24.5 Å². The molecule has 1 atom stereocenters. The van der Waals surface area contributed by atoms with Crippen molar-refractivity contribution in [3.8, 4) is 16.9 Å². The predicted molar refractivity (Wildman–Crippen MR) is 173 cm³/mol. The number of aliphatic hydroxyl groups excluding tert-OH is 1. The zero-order valence-electron chi connectivity index (χ0n) is 24.2. The molecule has 3 aromatic rings. The Hall–Kier alpha value is -2.73. The molecule has 1 amide bonds. The summed E-state index contributed by atoms with van der Waals surface area (Å²) in [4.78, 5) is 17.0. The van der Waals surface area contributed by atoms with Crippen LogP contribution in [0.3, 0.4) is 0 Å². The normalized spacial score (nSPS) is 14.2. The average Bonchev–Trinajstić information content (AvgIpc) is 2.99. The summed E-state index contributed by atoms with van der Waals surface area (Å²) in [5.41, 5.74) is 3.96. The molecule has 1 aliphatic carbocycles. The van der Waals surface area contributed by atoms with E-state index >= 15 is 0 Å². The number of carbonyl (C=O) groups excluding carboxylic acids is 1. The molecule has 0 unspecified atom stereocenters. The second kappa shape index (κ2) is 18.2. The van der Waals surface area contributed by atoms with Crippen LogP contribution >= 0.6 is 24.8 Å². The number of methoxy groups -OCH3 is 1. The van der Waals surface area contributed by atoms with Crippen LogP contribution in [0.1, 0.15) is 59.7 Å². The zero-order chi connectivity index (χ0) is 29.1. The molecule has 43 heavy (non-hydrogen) atoms. The summed E-state index contributed by atoms with van der Waals surface area (Å²) < 4.78 is 37.9. The largest absolute Gasteiger partial charge is 0.490 e. The number of rotatable bonds is 14. The molecular formula is C31H41Cl2N3O6S. The fraction of sp³-hybridized carbons (Fsp3) is 0.419. The van der Waals surface area contributed by atoms with Crippen molar-refractivity contribution in [3.05, 3.63) is 83.7 Å². The first kappa shape index (κ1) is 36.5. The van der Waals surface area contributed by atoms with Gasteiger partial charge in [0.1, 0.15) is 5.75 Å². The molecule has 236 valence electrons. The summed E-state index contributed by atoms with van der Waals surface area (Å²) in [5.74, 6) is -0.636. The highest BCUT2D eigenvalue weighted by Gasteiger charge is 2.23. The van der Waals surface area contributed by atoms with Gasteiger partial charge in [0.25, 0.3) is 5.91 Å². The smallest absolute Gasteiger partial charge is 0.268 e. The van der Waals surface area contributed by atoms with Crippen molar-refractivity contribution in [2.45, 2.75) is 50.7 Å². The number of ether oxygens (including phenoxy) is 2. The minimum Gasteiger partial charge on any atom is -0.490 e. The van der Waals surface area contributed by atoms with Crippen LogP contribution in [0.25, 0.3) is 11.1 Å². The van der Waals surface area contributed by atoms with Crippen LogP contribution in [0.4, 0.5) is 0 Å². The van der Waals surface area contributed by atoms with Gasteiger partial charge in [-0.1, -0.05) is 42.8 Å². The lowest BCUT2D eigenvalue weighted by atomic mass is 9.97. The molecule has 0 spiro atoms. The van der Waals surface area contributed by atoms with E-state index in [4.69, 9.17) is 9.47 Å². The standard InChI is InChI=1S/C31H39N3O6S.2ClH/c1-39-18-19-41(37,38)34-31(36)28-14-13-25(20-30(28)40-27-7-3-2-4-8-27)24-11-9-23(10-12-24)15-17-33-22-29(35)26-6-5-16-32-21-26;;/h5-6,9-14,16,20-21,27,29,33,35H,2-4,7-8,15,17-19,22H2,1H3,(H,34,36);2*1H/t29-;;/m1../s1. The second-order valence-corrected chi connectivity index (χ2v) is 12.1. The Balaban J connectivity index is 0.00000323. The number of carbonyl (C=O) groups is 1. The first-order valence-electron chi connectivity index (χ1n) is 14.1. The first-order valence-corrected chi connectivity index (χ1v) is 15.7. The van der Waals surface area contributed by atoms with Crippen molar-refractivity contribution >= 4 is 40.7 Å². The van der Waals surface area contributed by atoms with Gasteiger partial charge in [0, 0.05) is 31.6 Å². The Bertz CT molecular complexity index is 1370. The molecule has 1 saturated carbocycles. The van der Waals surface area contributed by atoms with E-state index in [0.29, 0.717) is 18.8 Å². The number of nitrogens with one attached hydrogen (secondary N) is 2. The van der Waals surface area contributed by atoms with Gasteiger partial charge >= 0.3 is 0 Å². The quantitative estimate of drug-likeness (QED) is 0.210. The minimum absolute atomic E-state index is 0. The van der Waals surface area contributed by atoms with Crippen LogP contribution in [0, 0.1) is 0 Å². The lowest BCUT2D eigenvalue weighted by Gasteiger charge is -2.24. The monoisotopic (exact) mass is 653 g/mol. The predicted octanol–water partition coefficient (Wildman–Crippen LogP) is 4.88. The third-order valence-corrected chi connectivity index (χ3v) is 8.36. The molecule has 12 heteroatoms. The Morgan fingerprint density at radius 1 is 1.05 bits per heavy atom. The molecule has 1 aromatic heterocycles. The zero-order valence-corrected chi connectivity index (χ0v) is 26.7. The van der Waals surface area contributed by atoms with E-state index in [1.807, 2.05) is 30.3 Å². The highest BCUT2D eigenvalue weighted by molar-refractivity contribution is 7.90. The number of halogens is 2. The number of amides is 1. The molecule has 1 aliphatic rings. The van der Waals surface area contributed by atoms with Gasteiger partial charge in [-0.05, 0) is 73.5 Å². The molecule has 2 aromatic carbocycles. The molecule has 3 N–H and O–H groups in total. The molecule has 9 nitrogen and oxygen atoms in total. The molecule has 1 fully saturated rings. The molecule has 4 rings (SSSR count). The fourth-order valence-electron chi connectivity index (χ4n) is 4.82. The van der Waals surface area contributed by atoms with Crippen LogP contribution in [0.5, 0.6) is 5.75 Å². The summed E-state index contributed by atoms with van der Waals surface area (Å²) in [5, 5.41) is 13.6. The molecule has 0 saturated heterocycles. The van der Waals surface area contributed by atoms with E-state index in [0.717, 1.165) is 60.8 Å². The average molecular weight is 655 g/mol. The number of hydrogen-bond donors (Lipinski definition) is 3. The summed E-state index contributed by atoms with van der Waals surface area (Å²) in [6.45, 7) is 1.15. The number of sulfonamides is 1. The molecule has 0 bridgehead atoms. The van der Waals surface area contributed by atoms with Crippen LogP contribution in [-0.2, 0) is 21.2 Å². The number of aromatic nitrogens is 1. The van der Waals surface area contributed by atoms with E-state index in [9.17, 15) is 18.3 Å². The fourth-order valence-corrected chi connectivity index (χ4v) is 5.70. The van der Waals surface area contributed by atoms with Crippen molar-refractivity contribution in [1.82, 2.24) is 15.0 Å². The van der Waals surface area contributed by atoms with E-state index < -0.39 is 22.0 Å². The number of aliphatic hydroxyl groups is 1.